The van der Waals surface area contributed by atoms with Crippen molar-refractivity contribution in [1.29, 1.82) is 0 Å². The zero-order chi connectivity index (χ0) is 28.2. The molecule has 1 atom stereocenters. The summed E-state index contributed by atoms with van der Waals surface area (Å²) in [5.41, 5.74) is 6.19. The summed E-state index contributed by atoms with van der Waals surface area (Å²) >= 11 is 8.03. The number of aromatic nitrogens is 1. The highest BCUT2D eigenvalue weighted by atomic mass is 35.5. The molecule has 0 unspecified atom stereocenters. The third-order valence-corrected chi connectivity index (χ3v) is 9.07. The van der Waals surface area contributed by atoms with Gasteiger partial charge in [0.2, 0.25) is 0 Å². The van der Waals surface area contributed by atoms with Gasteiger partial charge in [-0.1, -0.05) is 77.5 Å². The van der Waals surface area contributed by atoms with Gasteiger partial charge in [0.05, 0.1) is 21.2 Å². The Morgan fingerprint density at radius 1 is 1.02 bits per heavy atom. The molecule has 0 saturated heterocycles. The molecule has 0 amide bonds. The van der Waals surface area contributed by atoms with Crippen LogP contribution in [0.3, 0.4) is 0 Å². The molecule has 0 bridgehead atoms. The molecule has 0 spiro atoms. The molecule has 0 fully saturated rings. The summed E-state index contributed by atoms with van der Waals surface area (Å²) in [5.74, 6) is 0.964. The van der Waals surface area contributed by atoms with E-state index in [9.17, 15) is 14.9 Å². The summed E-state index contributed by atoms with van der Waals surface area (Å²) in [4.78, 5) is 30.6. The maximum atomic E-state index is 14.0. The molecular weight excluding hydrogens is 558 g/mol. The van der Waals surface area contributed by atoms with Crippen LogP contribution in [0.15, 0.2) is 98.6 Å². The fourth-order valence-corrected chi connectivity index (χ4v) is 7.01. The number of halogens is 1. The lowest BCUT2D eigenvalue weighted by atomic mass is 9.83. The Morgan fingerprint density at radius 2 is 1.80 bits per heavy atom. The first-order chi connectivity index (χ1) is 19.9. The second-order valence-corrected chi connectivity index (χ2v) is 11.5. The van der Waals surface area contributed by atoms with E-state index in [0.717, 1.165) is 35.2 Å². The van der Waals surface area contributed by atoms with Crippen molar-refractivity contribution in [1.82, 2.24) is 4.57 Å². The maximum absolute atomic E-state index is 14.0. The molecule has 0 saturated carbocycles. The Hall–Kier alpha value is -4.53. The van der Waals surface area contributed by atoms with Gasteiger partial charge >= 0.3 is 0 Å². The van der Waals surface area contributed by atoms with E-state index in [1.54, 1.807) is 41.8 Å². The van der Waals surface area contributed by atoms with Gasteiger partial charge in [0.15, 0.2) is 4.80 Å². The fourth-order valence-electron chi connectivity index (χ4n) is 5.79. The second kappa shape index (κ2) is 9.83. The molecule has 7 rings (SSSR count). The van der Waals surface area contributed by atoms with E-state index in [-0.39, 0.29) is 17.3 Å². The number of allylic oxidation sites excluding steroid dienone is 1. The van der Waals surface area contributed by atoms with Crippen LogP contribution in [0.2, 0.25) is 5.02 Å². The average molecular weight is 580 g/mol. The molecule has 41 heavy (non-hydrogen) atoms. The lowest BCUT2D eigenvalue weighted by Gasteiger charge is -2.31. The Balaban J connectivity index is 1.39. The van der Waals surface area contributed by atoms with Crippen LogP contribution in [-0.4, -0.2) is 9.49 Å². The summed E-state index contributed by atoms with van der Waals surface area (Å²) < 4.78 is 8.29. The first-order valence-corrected chi connectivity index (χ1v) is 14.3. The number of nitrogens with zero attached hydrogens (tertiary/aromatic N) is 3. The molecular formula is C32H22ClN3O4S. The van der Waals surface area contributed by atoms with Crippen LogP contribution in [-0.2, 0) is 6.42 Å². The first kappa shape index (κ1) is 25.4. The summed E-state index contributed by atoms with van der Waals surface area (Å²) in [6.45, 7) is 1.70. The third kappa shape index (κ3) is 4.18. The summed E-state index contributed by atoms with van der Waals surface area (Å²) in [6.07, 6.45) is 3.35. The topological polar surface area (TPSA) is 90.6 Å². The van der Waals surface area contributed by atoms with Crippen molar-refractivity contribution < 1.29 is 9.34 Å². The Bertz CT molecular complexity index is 2100. The van der Waals surface area contributed by atoms with E-state index in [0.29, 0.717) is 37.0 Å². The number of fused-ring (bicyclic) bond motifs is 3. The van der Waals surface area contributed by atoms with Gasteiger partial charge in [0.1, 0.15) is 11.5 Å². The van der Waals surface area contributed by atoms with Crippen molar-refractivity contribution in [3.05, 3.63) is 147 Å². The minimum absolute atomic E-state index is 0.0267. The molecule has 7 nitrogen and oxygen atoms in total. The smallest absolute Gasteiger partial charge is 0.273 e. The van der Waals surface area contributed by atoms with Gasteiger partial charge in [-0.25, -0.2) is 4.99 Å². The van der Waals surface area contributed by atoms with Gasteiger partial charge in [-0.3, -0.25) is 19.5 Å². The predicted octanol–water partition coefficient (Wildman–Crippen LogP) is 6.45. The minimum Gasteiger partial charge on any atom is -0.457 e. The van der Waals surface area contributed by atoms with E-state index in [2.05, 4.69) is 12.1 Å². The molecule has 202 valence electrons. The predicted molar refractivity (Wildman–Crippen MR) is 160 cm³/mol. The van der Waals surface area contributed by atoms with Crippen LogP contribution in [0.5, 0.6) is 0 Å². The maximum Gasteiger partial charge on any atom is 0.273 e. The van der Waals surface area contributed by atoms with E-state index in [1.807, 2.05) is 36.4 Å². The van der Waals surface area contributed by atoms with Crippen molar-refractivity contribution in [3.8, 4) is 11.3 Å². The number of furan rings is 1. The van der Waals surface area contributed by atoms with Crippen molar-refractivity contribution >= 4 is 40.4 Å². The molecule has 2 aliphatic rings. The van der Waals surface area contributed by atoms with Crippen molar-refractivity contribution in [3.63, 3.8) is 0 Å². The van der Waals surface area contributed by atoms with Gasteiger partial charge in [0.25, 0.3) is 11.2 Å². The number of hydrogen-bond acceptors (Lipinski definition) is 6. The Labute approximate surface area is 243 Å². The number of nitro benzene ring substituents is 1. The fraction of sp³-hybridized carbons (Fsp3) is 0.125. The highest BCUT2D eigenvalue weighted by Crippen LogP contribution is 2.42. The van der Waals surface area contributed by atoms with Crippen molar-refractivity contribution in [2.75, 3.05) is 0 Å². The zero-order valence-corrected chi connectivity index (χ0v) is 23.4. The number of aryl methyl sites for hydroxylation is 1. The van der Waals surface area contributed by atoms with Crippen LogP contribution >= 0.6 is 22.9 Å². The summed E-state index contributed by atoms with van der Waals surface area (Å²) in [7, 11) is 0. The number of benzene rings is 3. The highest BCUT2D eigenvalue weighted by molar-refractivity contribution is 7.07. The molecule has 9 heteroatoms. The Kier molecular flexibility index (Phi) is 6.10. The lowest BCUT2D eigenvalue weighted by Crippen LogP contribution is -2.38. The molecule has 2 aromatic heterocycles. The second-order valence-electron chi connectivity index (χ2n) is 10.0. The highest BCUT2D eigenvalue weighted by Gasteiger charge is 2.33. The van der Waals surface area contributed by atoms with Crippen molar-refractivity contribution in [2.24, 2.45) is 4.99 Å². The number of hydrogen-bond donors (Lipinski definition) is 0. The quantitative estimate of drug-likeness (QED) is 0.181. The number of rotatable bonds is 4. The zero-order valence-electron chi connectivity index (χ0n) is 21.8. The van der Waals surface area contributed by atoms with Crippen LogP contribution in [0, 0.1) is 17.0 Å². The van der Waals surface area contributed by atoms with Crippen LogP contribution in [0.4, 0.5) is 5.69 Å². The van der Waals surface area contributed by atoms with Gasteiger partial charge in [-0.15, -0.1) is 0 Å². The number of nitro groups is 1. The van der Waals surface area contributed by atoms with E-state index >= 15 is 0 Å². The van der Waals surface area contributed by atoms with Gasteiger partial charge in [-0.2, -0.15) is 0 Å². The van der Waals surface area contributed by atoms with E-state index in [4.69, 9.17) is 21.0 Å². The van der Waals surface area contributed by atoms with Crippen LogP contribution in [0.25, 0.3) is 23.1 Å². The lowest BCUT2D eigenvalue weighted by molar-refractivity contribution is -0.385. The first-order valence-electron chi connectivity index (χ1n) is 13.1. The monoisotopic (exact) mass is 579 g/mol. The Morgan fingerprint density at radius 3 is 2.63 bits per heavy atom. The molecule has 0 N–H and O–H groups in total. The van der Waals surface area contributed by atoms with E-state index < -0.39 is 4.92 Å². The van der Waals surface area contributed by atoms with Crippen LogP contribution < -0.4 is 14.9 Å². The minimum atomic E-state index is -0.406. The standard InChI is InChI=1S/C32H22ClN3O4S/c1-18-21(10-6-12-26(18)36(38)39)27-16-14-20(40-27)17-28-31(37)35-30(23-9-4-5-11-25(23)33)24-15-13-19-7-2-3-8-22(19)29(24)34-32(35)41-28/h2-12,14,16-17,30H,13,15H2,1H3/b28-17-/t30-/m0/s1. The molecule has 1 aliphatic carbocycles. The average Bonchev–Trinajstić information content (AvgIpc) is 3.56. The summed E-state index contributed by atoms with van der Waals surface area (Å²) in [5, 5.41) is 12.0. The molecule has 5 aromatic rings. The molecule has 3 heterocycles. The van der Waals surface area contributed by atoms with Gasteiger partial charge < -0.3 is 4.42 Å². The normalized spacial score (nSPS) is 16.1. The SMILES string of the molecule is Cc1c(-c2ccc(/C=c3\sc4n(c3=O)[C@@H](c3ccccc3Cl)C3=C(N=4)c4ccccc4CC3)o2)cccc1[N+](=O)[O-]. The van der Waals surface area contributed by atoms with Crippen LogP contribution in [0.1, 0.15) is 40.5 Å². The van der Waals surface area contributed by atoms with E-state index in [1.165, 1.54) is 23.0 Å². The van der Waals surface area contributed by atoms with Gasteiger partial charge in [0, 0.05) is 33.9 Å². The molecule has 3 aromatic carbocycles. The van der Waals surface area contributed by atoms with Crippen molar-refractivity contribution in [2.45, 2.75) is 25.8 Å². The largest absolute Gasteiger partial charge is 0.457 e. The van der Waals surface area contributed by atoms with Gasteiger partial charge in [-0.05, 0) is 54.7 Å². The third-order valence-electron chi connectivity index (χ3n) is 7.74. The number of thiazole rings is 1. The molecule has 1 aliphatic heterocycles. The molecule has 0 radical (unpaired) electrons. The summed E-state index contributed by atoms with van der Waals surface area (Å²) in [6, 6.07) is 24.0.